The first-order valence-electron chi connectivity index (χ1n) is 5.44. The van der Waals surface area contributed by atoms with Crippen molar-refractivity contribution in [2.24, 2.45) is 0 Å². The van der Waals surface area contributed by atoms with E-state index >= 15 is 0 Å². The van der Waals surface area contributed by atoms with E-state index in [9.17, 15) is 0 Å². The van der Waals surface area contributed by atoms with E-state index in [-0.39, 0.29) is 0 Å². The lowest BCUT2D eigenvalue weighted by Gasteiger charge is -2.13. The summed E-state index contributed by atoms with van der Waals surface area (Å²) in [7, 11) is 4.03. The van der Waals surface area contributed by atoms with E-state index in [1.807, 2.05) is 33.2 Å². The minimum absolute atomic E-state index is 0.534. The molecule has 1 aromatic heterocycles. The quantitative estimate of drug-likeness (QED) is 0.855. The predicted molar refractivity (Wildman–Crippen MR) is 70.9 cm³/mol. The zero-order chi connectivity index (χ0) is 12.4. The summed E-state index contributed by atoms with van der Waals surface area (Å²) in [5, 5.41) is 0. The molecule has 88 valence electrons. The molecule has 0 saturated carbocycles. The first-order valence-corrected chi connectivity index (χ1v) is 5.44. The number of aromatic nitrogens is 2. The Bertz CT molecular complexity index is 517. The number of benzene rings is 1. The van der Waals surface area contributed by atoms with Crippen molar-refractivity contribution < 1.29 is 0 Å². The minimum atomic E-state index is 0.534. The normalized spacial score (nSPS) is 10.3. The van der Waals surface area contributed by atoms with Gasteiger partial charge in [-0.15, -0.1) is 0 Å². The van der Waals surface area contributed by atoms with Crippen molar-refractivity contribution in [3.63, 3.8) is 0 Å². The van der Waals surface area contributed by atoms with Crippen molar-refractivity contribution in [1.29, 1.82) is 0 Å². The van der Waals surface area contributed by atoms with Crippen LogP contribution in [0, 0.1) is 6.92 Å². The lowest BCUT2D eigenvalue weighted by molar-refractivity contribution is 1.13. The lowest BCUT2D eigenvalue weighted by Crippen LogP contribution is -2.08. The third kappa shape index (κ3) is 2.20. The molecule has 0 unspecified atom stereocenters. The van der Waals surface area contributed by atoms with E-state index in [1.165, 1.54) is 6.33 Å². The van der Waals surface area contributed by atoms with Gasteiger partial charge < -0.3 is 10.6 Å². The maximum atomic E-state index is 5.78. The topological polar surface area (TPSA) is 55.0 Å². The van der Waals surface area contributed by atoms with Crippen molar-refractivity contribution in [3.05, 3.63) is 36.2 Å². The second-order valence-corrected chi connectivity index (χ2v) is 4.17. The zero-order valence-electron chi connectivity index (χ0n) is 10.3. The van der Waals surface area contributed by atoms with Gasteiger partial charge in [-0.3, -0.25) is 0 Å². The molecule has 0 aliphatic rings. The molecule has 2 rings (SSSR count). The highest BCUT2D eigenvalue weighted by molar-refractivity contribution is 5.68. The fourth-order valence-corrected chi connectivity index (χ4v) is 1.67. The van der Waals surface area contributed by atoms with Crippen LogP contribution in [-0.4, -0.2) is 24.1 Å². The first-order chi connectivity index (χ1) is 8.09. The van der Waals surface area contributed by atoms with Gasteiger partial charge in [0.05, 0.1) is 5.69 Å². The van der Waals surface area contributed by atoms with Gasteiger partial charge in [0.25, 0.3) is 0 Å². The number of nitrogen functional groups attached to an aromatic ring is 1. The van der Waals surface area contributed by atoms with Gasteiger partial charge in [-0.05, 0) is 19.1 Å². The van der Waals surface area contributed by atoms with Gasteiger partial charge >= 0.3 is 0 Å². The van der Waals surface area contributed by atoms with Crippen LogP contribution in [0.25, 0.3) is 11.3 Å². The molecule has 0 aliphatic carbocycles. The van der Waals surface area contributed by atoms with Crippen LogP contribution in [-0.2, 0) is 0 Å². The lowest BCUT2D eigenvalue weighted by atomic mass is 10.1. The Hall–Kier alpha value is -2.10. The molecular weight excluding hydrogens is 212 g/mol. The molecule has 4 nitrogen and oxygen atoms in total. The summed E-state index contributed by atoms with van der Waals surface area (Å²) < 4.78 is 0. The van der Waals surface area contributed by atoms with Crippen LogP contribution in [0.1, 0.15) is 5.56 Å². The van der Waals surface area contributed by atoms with E-state index in [2.05, 4.69) is 27.0 Å². The van der Waals surface area contributed by atoms with Gasteiger partial charge in [-0.2, -0.15) is 0 Å². The number of anilines is 2. The van der Waals surface area contributed by atoms with Crippen LogP contribution in [0.2, 0.25) is 0 Å². The highest BCUT2D eigenvalue weighted by atomic mass is 15.1. The third-order valence-electron chi connectivity index (χ3n) is 2.78. The Balaban J connectivity index is 2.43. The molecule has 0 bridgehead atoms. The highest BCUT2D eigenvalue weighted by Gasteiger charge is 2.06. The van der Waals surface area contributed by atoms with Crippen molar-refractivity contribution in [2.75, 3.05) is 24.7 Å². The Kier molecular flexibility index (Phi) is 2.95. The largest absolute Gasteiger partial charge is 0.383 e. The molecule has 0 radical (unpaired) electrons. The van der Waals surface area contributed by atoms with Gasteiger partial charge in [-0.1, -0.05) is 12.1 Å². The molecule has 0 fully saturated rings. The first kappa shape index (κ1) is 11.4. The maximum Gasteiger partial charge on any atom is 0.130 e. The Morgan fingerprint density at radius 3 is 2.29 bits per heavy atom. The van der Waals surface area contributed by atoms with Crippen molar-refractivity contribution in [1.82, 2.24) is 9.97 Å². The second kappa shape index (κ2) is 4.41. The van der Waals surface area contributed by atoms with Crippen LogP contribution in [0.4, 0.5) is 11.5 Å². The number of nitrogens with zero attached hydrogens (tertiary/aromatic N) is 3. The average molecular weight is 228 g/mol. The fraction of sp³-hybridized carbons (Fsp3) is 0.231. The molecule has 0 spiro atoms. The minimum Gasteiger partial charge on any atom is -0.383 e. The van der Waals surface area contributed by atoms with E-state index in [0.29, 0.717) is 5.82 Å². The highest BCUT2D eigenvalue weighted by Crippen LogP contribution is 2.25. The SMILES string of the molecule is Cc1c(N)ncnc1-c1ccc(N(C)C)cc1. The second-order valence-electron chi connectivity index (χ2n) is 4.17. The van der Waals surface area contributed by atoms with E-state index in [4.69, 9.17) is 5.73 Å². The molecular formula is C13H16N4. The van der Waals surface area contributed by atoms with Crippen molar-refractivity contribution in [2.45, 2.75) is 6.92 Å². The summed E-state index contributed by atoms with van der Waals surface area (Å²) in [4.78, 5) is 10.3. The Labute approximate surface area is 101 Å². The molecule has 2 aromatic rings. The fourth-order valence-electron chi connectivity index (χ4n) is 1.67. The maximum absolute atomic E-state index is 5.78. The number of hydrogen-bond donors (Lipinski definition) is 1. The summed E-state index contributed by atoms with van der Waals surface area (Å²) in [6.45, 7) is 1.94. The summed E-state index contributed by atoms with van der Waals surface area (Å²) in [5.41, 5.74) is 9.81. The summed E-state index contributed by atoms with van der Waals surface area (Å²) in [6, 6.07) is 8.22. The molecule has 0 aliphatic heterocycles. The average Bonchev–Trinajstić information content (AvgIpc) is 2.33. The standard InChI is InChI=1S/C13H16N4/c1-9-12(15-8-16-13(9)14)10-4-6-11(7-5-10)17(2)3/h4-8H,1-3H3,(H2,14,15,16). The van der Waals surface area contributed by atoms with Gasteiger partial charge in [0.15, 0.2) is 0 Å². The molecule has 17 heavy (non-hydrogen) atoms. The smallest absolute Gasteiger partial charge is 0.130 e. The molecule has 1 heterocycles. The zero-order valence-corrected chi connectivity index (χ0v) is 10.3. The Morgan fingerprint density at radius 1 is 1.06 bits per heavy atom. The van der Waals surface area contributed by atoms with Crippen LogP contribution < -0.4 is 10.6 Å². The molecule has 4 heteroatoms. The van der Waals surface area contributed by atoms with E-state index < -0.39 is 0 Å². The molecule has 0 saturated heterocycles. The van der Waals surface area contributed by atoms with Crippen LogP contribution in [0.15, 0.2) is 30.6 Å². The van der Waals surface area contributed by atoms with Gasteiger partial charge in [0, 0.05) is 30.9 Å². The van der Waals surface area contributed by atoms with E-state index in [0.717, 1.165) is 22.5 Å². The van der Waals surface area contributed by atoms with Crippen LogP contribution in [0.5, 0.6) is 0 Å². The van der Waals surface area contributed by atoms with Crippen LogP contribution in [0.3, 0.4) is 0 Å². The number of rotatable bonds is 2. The summed E-state index contributed by atoms with van der Waals surface area (Å²) in [5.74, 6) is 0.534. The summed E-state index contributed by atoms with van der Waals surface area (Å²) in [6.07, 6.45) is 1.50. The molecule has 2 N–H and O–H groups in total. The van der Waals surface area contributed by atoms with E-state index in [1.54, 1.807) is 0 Å². The van der Waals surface area contributed by atoms with Gasteiger partial charge in [0.1, 0.15) is 12.1 Å². The molecule has 1 aromatic carbocycles. The van der Waals surface area contributed by atoms with Gasteiger partial charge in [-0.25, -0.2) is 9.97 Å². The van der Waals surface area contributed by atoms with Crippen molar-refractivity contribution in [3.8, 4) is 11.3 Å². The molecule has 0 atom stereocenters. The van der Waals surface area contributed by atoms with Crippen LogP contribution >= 0.6 is 0 Å². The monoisotopic (exact) mass is 228 g/mol. The number of nitrogens with two attached hydrogens (primary N) is 1. The number of hydrogen-bond acceptors (Lipinski definition) is 4. The molecule has 0 amide bonds. The predicted octanol–water partition coefficient (Wildman–Crippen LogP) is 2.10. The Morgan fingerprint density at radius 2 is 1.71 bits per heavy atom. The van der Waals surface area contributed by atoms with Gasteiger partial charge in [0.2, 0.25) is 0 Å². The third-order valence-corrected chi connectivity index (χ3v) is 2.78. The van der Waals surface area contributed by atoms with Crippen molar-refractivity contribution >= 4 is 11.5 Å². The summed E-state index contributed by atoms with van der Waals surface area (Å²) >= 11 is 0.